The van der Waals surface area contributed by atoms with Crippen LogP contribution in [0.5, 0.6) is 0 Å². The Bertz CT molecular complexity index is 450. The molecule has 1 aromatic rings. The fraction of sp³-hybridized carbons (Fsp3) is 0.562. The highest BCUT2D eigenvalue weighted by molar-refractivity contribution is 5.78. The highest BCUT2D eigenvalue weighted by atomic mass is 19.1. The number of likely N-dealkylation sites (tertiary alicyclic amines) is 1. The Morgan fingerprint density at radius 1 is 1.43 bits per heavy atom. The molecule has 21 heavy (non-hydrogen) atoms. The summed E-state index contributed by atoms with van der Waals surface area (Å²) in [5.41, 5.74) is 1.08. The number of hydrogen-bond donors (Lipinski definition) is 1. The molecule has 2 rings (SSSR count). The summed E-state index contributed by atoms with van der Waals surface area (Å²) in [7, 11) is 1.65. The van der Waals surface area contributed by atoms with Crippen molar-refractivity contribution in [2.45, 2.75) is 25.3 Å². The van der Waals surface area contributed by atoms with E-state index in [1.54, 1.807) is 7.11 Å². The number of carbonyl (C=O) groups is 1. The van der Waals surface area contributed by atoms with E-state index in [1.165, 1.54) is 12.1 Å². The van der Waals surface area contributed by atoms with Gasteiger partial charge in [0.2, 0.25) is 5.91 Å². The largest absolute Gasteiger partial charge is 0.385 e. The molecule has 1 atom stereocenters. The number of nitrogens with zero attached hydrogens (tertiary/aromatic N) is 1. The number of halogens is 1. The molecule has 0 spiro atoms. The molecule has 0 aliphatic carbocycles. The van der Waals surface area contributed by atoms with Crippen LogP contribution in [0.4, 0.5) is 4.39 Å². The van der Waals surface area contributed by atoms with Gasteiger partial charge in [0.05, 0.1) is 6.54 Å². The smallest absolute Gasteiger partial charge is 0.234 e. The standard InChI is InChI=1S/C16H23FN2O2/c1-21-11-3-9-18-16(20)12-19-10-2-4-15(19)13-5-7-14(17)8-6-13/h5-8,15H,2-4,9-12H2,1H3,(H,18,20). The van der Waals surface area contributed by atoms with E-state index in [-0.39, 0.29) is 17.8 Å². The first-order valence-corrected chi connectivity index (χ1v) is 7.46. The summed E-state index contributed by atoms with van der Waals surface area (Å²) in [6.07, 6.45) is 2.91. The normalized spacial score (nSPS) is 18.9. The van der Waals surface area contributed by atoms with Crippen molar-refractivity contribution >= 4 is 5.91 Å². The van der Waals surface area contributed by atoms with Crippen LogP contribution in [0.3, 0.4) is 0 Å². The van der Waals surface area contributed by atoms with Crippen LogP contribution in [-0.4, -0.2) is 44.2 Å². The summed E-state index contributed by atoms with van der Waals surface area (Å²) in [5.74, 6) is -0.181. The Balaban J connectivity index is 1.84. The summed E-state index contributed by atoms with van der Waals surface area (Å²) >= 11 is 0. The van der Waals surface area contributed by atoms with Crippen LogP contribution in [0, 0.1) is 5.82 Å². The molecule has 1 aliphatic rings. The van der Waals surface area contributed by atoms with Crippen molar-refractivity contribution in [3.8, 4) is 0 Å². The molecule has 0 radical (unpaired) electrons. The first-order chi connectivity index (χ1) is 10.2. The Hall–Kier alpha value is -1.46. The molecule has 5 heteroatoms. The van der Waals surface area contributed by atoms with Crippen LogP contribution >= 0.6 is 0 Å². The van der Waals surface area contributed by atoms with Crippen molar-refractivity contribution in [3.63, 3.8) is 0 Å². The Labute approximate surface area is 125 Å². The summed E-state index contributed by atoms with van der Waals surface area (Å²) in [6, 6.07) is 6.81. The van der Waals surface area contributed by atoms with Gasteiger partial charge in [0.25, 0.3) is 0 Å². The lowest BCUT2D eigenvalue weighted by Crippen LogP contribution is -2.37. The summed E-state index contributed by atoms with van der Waals surface area (Å²) in [4.78, 5) is 14.1. The molecule has 1 aromatic carbocycles. The molecular formula is C16H23FN2O2. The van der Waals surface area contributed by atoms with Gasteiger partial charge in [-0.15, -0.1) is 0 Å². The molecule has 1 amide bonds. The molecule has 1 aliphatic heterocycles. The van der Waals surface area contributed by atoms with Crippen molar-refractivity contribution < 1.29 is 13.9 Å². The van der Waals surface area contributed by atoms with Crippen molar-refractivity contribution in [2.24, 2.45) is 0 Å². The monoisotopic (exact) mass is 294 g/mol. The first kappa shape index (κ1) is 15.9. The third-order valence-electron chi connectivity index (χ3n) is 3.81. The summed E-state index contributed by atoms with van der Waals surface area (Å²) in [5, 5.41) is 2.90. The van der Waals surface area contributed by atoms with E-state index in [2.05, 4.69) is 10.2 Å². The quantitative estimate of drug-likeness (QED) is 0.783. The minimum atomic E-state index is -0.223. The topological polar surface area (TPSA) is 41.6 Å². The van der Waals surface area contributed by atoms with Crippen LogP contribution in [0.1, 0.15) is 30.9 Å². The second-order valence-corrected chi connectivity index (χ2v) is 5.38. The molecule has 1 N–H and O–H groups in total. The van der Waals surface area contributed by atoms with Crippen molar-refractivity contribution in [2.75, 3.05) is 33.4 Å². The van der Waals surface area contributed by atoms with Gasteiger partial charge in [-0.3, -0.25) is 9.69 Å². The zero-order valence-corrected chi connectivity index (χ0v) is 12.5. The van der Waals surface area contributed by atoms with Crippen LogP contribution in [-0.2, 0) is 9.53 Å². The van der Waals surface area contributed by atoms with Gasteiger partial charge in [0, 0.05) is 26.3 Å². The third-order valence-corrected chi connectivity index (χ3v) is 3.81. The molecule has 4 nitrogen and oxygen atoms in total. The van der Waals surface area contributed by atoms with E-state index < -0.39 is 0 Å². The number of hydrogen-bond acceptors (Lipinski definition) is 3. The molecule has 1 saturated heterocycles. The first-order valence-electron chi connectivity index (χ1n) is 7.46. The van der Waals surface area contributed by atoms with Gasteiger partial charge in [-0.1, -0.05) is 12.1 Å². The SMILES string of the molecule is COCCCNC(=O)CN1CCCC1c1ccc(F)cc1. The van der Waals surface area contributed by atoms with Crippen LogP contribution < -0.4 is 5.32 Å². The predicted octanol–water partition coefficient (Wildman–Crippen LogP) is 2.12. The summed E-state index contributed by atoms with van der Waals surface area (Å²) < 4.78 is 17.9. The maximum atomic E-state index is 13.0. The van der Waals surface area contributed by atoms with E-state index >= 15 is 0 Å². The van der Waals surface area contributed by atoms with Gasteiger partial charge < -0.3 is 10.1 Å². The number of methoxy groups -OCH3 is 1. The van der Waals surface area contributed by atoms with Crippen molar-refractivity contribution in [1.82, 2.24) is 10.2 Å². The van der Waals surface area contributed by atoms with E-state index in [0.29, 0.717) is 19.7 Å². The fourth-order valence-corrected chi connectivity index (χ4v) is 2.76. The minimum Gasteiger partial charge on any atom is -0.385 e. The summed E-state index contributed by atoms with van der Waals surface area (Å²) in [6.45, 7) is 2.60. The van der Waals surface area contributed by atoms with Gasteiger partial charge in [-0.2, -0.15) is 0 Å². The van der Waals surface area contributed by atoms with E-state index in [9.17, 15) is 9.18 Å². The molecule has 0 bridgehead atoms. The Kier molecular flexibility index (Phi) is 6.14. The van der Waals surface area contributed by atoms with E-state index in [1.807, 2.05) is 12.1 Å². The molecule has 1 unspecified atom stereocenters. The van der Waals surface area contributed by atoms with Crippen molar-refractivity contribution in [3.05, 3.63) is 35.6 Å². The lowest BCUT2D eigenvalue weighted by Gasteiger charge is -2.24. The highest BCUT2D eigenvalue weighted by Crippen LogP contribution is 2.31. The van der Waals surface area contributed by atoms with Crippen LogP contribution in [0.15, 0.2) is 24.3 Å². The molecule has 0 aromatic heterocycles. The minimum absolute atomic E-state index is 0.0418. The van der Waals surface area contributed by atoms with Crippen molar-refractivity contribution in [1.29, 1.82) is 0 Å². The average Bonchev–Trinajstić information content (AvgIpc) is 2.92. The maximum Gasteiger partial charge on any atom is 0.234 e. The van der Waals surface area contributed by atoms with Gasteiger partial charge in [-0.05, 0) is 43.5 Å². The van der Waals surface area contributed by atoms with E-state index in [4.69, 9.17) is 4.74 Å². The zero-order valence-electron chi connectivity index (χ0n) is 12.5. The second-order valence-electron chi connectivity index (χ2n) is 5.38. The molecular weight excluding hydrogens is 271 g/mol. The predicted molar refractivity (Wildman–Crippen MR) is 79.5 cm³/mol. The molecule has 1 heterocycles. The van der Waals surface area contributed by atoms with Gasteiger partial charge in [0.15, 0.2) is 0 Å². The van der Waals surface area contributed by atoms with Gasteiger partial charge >= 0.3 is 0 Å². The molecule has 1 fully saturated rings. The Morgan fingerprint density at radius 3 is 2.90 bits per heavy atom. The number of rotatable bonds is 7. The third kappa shape index (κ3) is 4.79. The maximum absolute atomic E-state index is 13.0. The number of carbonyl (C=O) groups excluding carboxylic acids is 1. The van der Waals surface area contributed by atoms with Gasteiger partial charge in [0.1, 0.15) is 5.82 Å². The van der Waals surface area contributed by atoms with Crippen LogP contribution in [0.25, 0.3) is 0 Å². The number of ether oxygens (including phenoxy) is 1. The average molecular weight is 294 g/mol. The van der Waals surface area contributed by atoms with E-state index in [0.717, 1.165) is 31.4 Å². The highest BCUT2D eigenvalue weighted by Gasteiger charge is 2.27. The van der Waals surface area contributed by atoms with Gasteiger partial charge in [-0.25, -0.2) is 4.39 Å². The second kappa shape index (κ2) is 8.10. The molecule has 0 saturated carbocycles. The number of benzene rings is 1. The van der Waals surface area contributed by atoms with Crippen LogP contribution in [0.2, 0.25) is 0 Å². The Morgan fingerprint density at radius 2 is 2.19 bits per heavy atom. The lowest BCUT2D eigenvalue weighted by molar-refractivity contribution is -0.122. The number of amides is 1. The lowest BCUT2D eigenvalue weighted by atomic mass is 10.0. The molecule has 116 valence electrons. The number of nitrogens with one attached hydrogen (secondary N) is 1. The zero-order chi connectivity index (χ0) is 15.1. The fourth-order valence-electron chi connectivity index (χ4n) is 2.76.